The maximum Gasteiger partial charge on any atom is 0.305 e. The molecule has 0 atom stereocenters. The van der Waals surface area contributed by atoms with Crippen molar-refractivity contribution in [1.29, 1.82) is 0 Å². The third-order valence-electron chi connectivity index (χ3n) is 4.00. The second-order valence-corrected chi connectivity index (χ2v) is 5.46. The molecule has 0 radical (unpaired) electrons. The molecule has 1 saturated carbocycles. The van der Waals surface area contributed by atoms with Crippen LogP contribution in [0.15, 0.2) is 30.5 Å². The Kier molecular flexibility index (Phi) is 3.26. The molecular weight excluding hydrogens is 254 g/mol. The average Bonchev–Trinajstić information content (AvgIpc) is 2.86. The van der Waals surface area contributed by atoms with Crippen molar-refractivity contribution in [2.45, 2.75) is 37.6 Å². The van der Waals surface area contributed by atoms with Gasteiger partial charge in [0.15, 0.2) is 5.82 Å². The molecule has 1 aliphatic rings. The van der Waals surface area contributed by atoms with Crippen LogP contribution in [-0.4, -0.2) is 26.8 Å². The van der Waals surface area contributed by atoms with Crippen LogP contribution in [0.25, 0.3) is 10.8 Å². The summed E-state index contributed by atoms with van der Waals surface area (Å²) in [6.45, 7) is 0. The van der Waals surface area contributed by atoms with Gasteiger partial charge in [0.05, 0.1) is 12.6 Å². The van der Waals surface area contributed by atoms with E-state index < -0.39 is 5.97 Å². The zero-order valence-electron chi connectivity index (χ0n) is 11.2. The lowest BCUT2D eigenvalue weighted by Crippen LogP contribution is -2.38. The summed E-state index contributed by atoms with van der Waals surface area (Å²) >= 11 is 0. The van der Waals surface area contributed by atoms with Crippen LogP contribution >= 0.6 is 0 Å². The lowest BCUT2D eigenvalue weighted by molar-refractivity contribution is -0.138. The molecule has 0 spiro atoms. The molecule has 5 heteroatoms. The molecule has 0 aliphatic heterocycles. The summed E-state index contributed by atoms with van der Waals surface area (Å²) in [6, 6.07) is 7.87. The Morgan fingerprint density at radius 2 is 2.05 bits per heavy atom. The molecule has 0 bridgehead atoms. The number of rotatable bonds is 4. The number of aromatic nitrogens is 2. The second-order valence-electron chi connectivity index (χ2n) is 5.46. The number of carboxylic acid groups (broad SMARTS) is 1. The molecule has 3 rings (SSSR count). The lowest BCUT2D eigenvalue weighted by atomic mass is 9.93. The fraction of sp³-hybridized carbons (Fsp3) is 0.400. The van der Waals surface area contributed by atoms with E-state index in [1.165, 1.54) is 0 Å². The minimum Gasteiger partial charge on any atom is -0.481 e. The number of anilines is 1. The summed E-state index contributed by atoms with van der Waals surface area (Å²) in [4.78, 5) is 11.1. The minimum atomic E-state index is -0.771. The minimum absolute atomic E-state index is 0.123. The molecule has 1 heterocycles. The molecule has 1 fully saturated rings. The highest BCUT2D eigenvalue weighted by atomic mass is 16.4. The largest absolute Gasteiger partial charge is 0.481 e. The first kappa shape index (κ1) is 12.8. The predicted octanol–water partition coefficient (Wildman–Crippen LogP) is 2.83. The van der Waals surface area contributed by atoms with Crippen LogP contribution in [0.4, 0.5) is 5.82 Å². The molecule has 2 N–H and O–H groups in total. The molecular formula is C15H17N3O2. The number of fused-ring (bicyclic) bond motifs is 1. The smallest absolute Gasteiger partial charge is 0.305 e. The van der Waals surface area contributed by atoms with Gasteiger partial charge < -0.3 is 10.4 Å². The SMILES string of the molecule is O=C(O)CC1(Nc2nncc3ccccc23)CCCC1. The maximum atomic E-state index is 11.1. The van der Waals surface area contributed by atoms with Gasteiger partial charge in [-0.05, 0) is 12.8 Å². The Morgan fingerprint density at radius 1 is 1.30 bits per heavy atom. The van der Waals surface area contributed by atoms with Crippen molar-refractivity contribution in [3.05, 3.63) is 30.5 Å². The second kappa shape index (κ2) is 5.07. The standard InChI is InChI=1S/C15H17N3O2/c19-13(20)9-15(7-3-4-8-15)17-14-12-6-2-1-5-11(12)10-16-18-14/h1-2,5-6,10H,3-4,7-9H2,(H,17,18)(H,19,20). The van der Waals surface area contributed by atoms with Crippen LogP contribution in [0.1, 0.15) is 32.1 Å². The van der Waals surface area contributed by atoms with Crippen molar-refractivity contribution in [2.75, 3.05) is 5.32 Å². The van der Waals surface area contributed by atoms with E-state index >= 15 is 0 Å². The number of hydrogen-bond acceptors (Lipinski definition) is 4. The average molecular weight is 271 g/mol. The molecule has 2 aromatic rings. The Labute approximate surface area is 117 Å². The van der Waals surface area contributed by atoms with Gasteiger partial charge >= 0.3 is 5.97 Å². The molecule has 104 valence electrons. The van der Waals surface area contributed by atoms with E-state index in [2.05, 4.69) is 15.5 Å². The van der Waals surface area contributed by atoms with Crippen LogP contribution in [0, 0.1) is 0 Å². The third kappa shape index (κ3) is 2.43. The van der Waals surface area contributed by atoms with Crippen molar-refractivity contribution in [2.24, 2.45) is 0 Å². The monoisotopic (exact) mass is 271 g/mol. The van der Waals surface area contributed by atoms with Gasteiger partial charge in [-0.15, -0.1) is 5.10 Å². The fourth-order valence-electron chi connectivity index (χ4n) is 3.06. The number of benzene rings is 1. The molecule has 0 saturated heterocycles. The van der Waals surface area contributed by atoms with Crippen molar-refractivity contribution in [3.8, 4) is 0 Å². The van der Waals surface area contributed by atoms with Gasteiger partial charge in [-0.2, -0.15) is 5.10 Å². The highest BCUT2D eigenvalue weighted by Gasteiger charge is 2.36. The van der Waals surface area contributed by atoms with Gasteiger partial charge in [0.1, 0.15) is 0 Å². The van der Waals surface area contributed by atoms with E-state index in [1.807, 2.05) is 24.3 Å². The van der Waals surface area contributed by atoms with Crippen LogP contribution < -0.4 is 5.32 Å². The van der Waals surface area contributed by atoms with E-state index in [4.69, 9.17) is 5.11 Å². The Bertz CT molecular complexity index is 631. The molecule has 20 heavy (non-hydrogen) atoms. The first-order chi connectivity index (χ1) is 9.69. The first-order valence-corrected chi connectivity index (χ1v) is 6.89. The summed E-state index contributed by atoms with van der Waals surface area (Å²) in [5, 5.41) is 22.7. The Morgan fingerprint density at radius 3 is 2.80 bits per heavy atom. The van der Waals surface area contributed by atoms with E-state index in [0.717, 1.165) is 36.5 Å². The van der Waals surface area contributed by atoms with Crippen LogP contribution in [0.5, 0.6) is 0 Å². The zero-order valence-corrected chi connectivity index (χ0v) is 11.2. The quantitative estimate of drug-likeness (QED) is 0.894. The summed E-state index contributed by atoms with van der Waals surface area (Å²) in [7, 11) is 0. The molecule has 1 aromatic heterocycles. The Balaban J connectivity index is 1.96. The van der Waals surface area contributed by atoms with Crippen molar-refractivity contribution in [3.63, 3.8) is 0 Å². The van der Waals surface area contributed by atoms with E-state index in [-0.39, 0.29) is 12.0 Å². The number of carbonyl (C=O) groups is 1. The first-order valence-electron chi connectivity index (χ1n) is 6.89. The summed E-state index contributed by atoms with van der Waals surface area (Å²) in [6.07, 6.45) is 5.68. The van der Waals surface area contributed by atoms with E-state index in [9.17, 15) is 4.79 Å². The highest BCUT2D eigenvalue weighted by molar-refractivity contribution is 5.91. The van der Waals surface area contributed by atoms with Gasteiger partial charge in [0.25, 0.3) is 0 Å². The van der Waals surface area contributed by atoms with Crippen LogP contribution in [0.3, 0.4) is 0 Å². The van der Waals surface area contributed by atoms with Crippen LogP contribution in [-0.2, 0) is 4.79 Å². The zero-order chi connectivity index (χ0) is 14.0. The van der Waals surface area contributed by atoms with Crippen LogP contribution in [0.2, 0.25) is 0 Å². The Hall–Kier alpha value is -2.17. The summed E-state index contributed by atoms with van der Waals surface area (Å²) in [5.41, 5.74) is -0.384. The number of aliphatic carboxylic acids is 1. The van der Waals surface area contributed by atoms with Gasteiger partial charge in [-0.25, -0.2) is 0 Å². The molecule has 1 aliphatic carbocycles. The summed E-state index contributed by atoms with van der Waals surface area (Å²) < 4.78 is 0. The van der Waals surface area contributed by atoms with Crippen molar-refractivity contribution < 1.29 is 9.90 Å². The molecule has 5 nitrogen and oxygen atoms in total. The van der Waals surface area contributed by atoms with Gasteiger partial charge in [-0.3, -0.25) is 4.79 Å². The normalized spacial score (nSPS) is 17.2. The maximum absolute atomic E-state index is 11.1. The topological polar surface area (TPSA) is 75.1 Å². The molecule has 1 aromatic carbocycles. The number of nitrogens with zero attached hydrogens (tertiary/aromatic N) is 2. The molecule has 0 unspecified atom stereocenters. The highest BCUT2D eigenvalue weighted by Crippen LogP contribution is 2.36. The fourth-order valence-corrected chi connectivity index (χ4v) is 3.06. The van der Waals surface area contributed by atoms with E-state index in [1.54, 1.807) is 6.20 Å². The summed E-state index contributed by atoms with van der Waals surface area (Å²) in [5.74, 6) is -0.0844. The van der Waals surface area contributed by atoms with Crippen molar-refractivity contribution in [1.82, 2.24) is 10.2 Å². The number of nitrogens with one attached hydrogen (secondary N) is 1. The number of carboxylic acids is 1. The third-order valence-corrected chi connectivity index (χ3v) is 4.00. The molecule has 0 amide bonds. The lowest BCUT2D eigenvalue weighted by Gasteiger charge is -2.29. The van der Waals surface area contributed by atoms with Crippen molar-refractivity contribution >= 4 is 22.6 Å². The predicted molar refractivity (Wildman–Crippen MR) is 76.6 cm³/mol. The number of hydrogen-bond donors (Lipinski definition) is 2. The van der Waals surface area contributed by atoms with Gasteiger partial charge in [0.2, 0.25) is 0 Å². The van der Waals surface area contributed by atoms with Gasteiger partial charge in [0, 0.05) is 16.3 Å². The van der Waals surface area contributed by atoms with E-state index in [0.29, 0.717) is 5.82 Å². The van der Waals surface area contributed by atoms with Gasteiger partial charge in [-0.1, -0.05) is 37.1 Å².